The van der Waals surface area contributed by atoms with Crippen molar-refractivity contribution in [2.45, 2.75) is 141 Å². The number of phenols is 1. The third kappa shape index (κ3) is 5.40. The van der Waals surface area contributed by atoms with Crippen LogP contribution in [0.3, 0.4) is 0 Å². The fourth-order valence-electron chi connectivity index (χ4n) is 8.22. The number of Topliss-reactive ketones (excluding diaryl/α,β-unsaturated/α-hetero) is 1. The van der Waals surface area contributed by atoms with Crippen molar-refractivity contribution in [3.05, 3.63) is 98.1 Å². The zero-order valence-corrected chi connectivity index (χ0v) is 33.1. The molecule has 3 heterocycles. The number of halogens is 1. The molecule has 6 bridgehead atoms. The van der Waals surface area contributed by atoms with E-state index < -0.39 is 11.2 Å². The number of ether oxygens (including phenoxy) is 2. The number of alkyl halides is 1. The number of ketones is 1. The molecule has 4 aliphatic rings. The average Bonchev–Trinajstić information content (AvgIpc) is 3.54. The first-order valence-corrected chi connectivity index (χ1v) is 18.8. The Labute approximate surface area is 301 Å². The van der Waals surface area contributed by atoms with Gasteiger partial charge >= 0.3 is 0 Å². The number of rotatable bonds is 0. The Morgan fingerprint density at radius 2 is 1.02 bits per heavy atom. The molecule has 0 radical (unpaired) electrons. The summed E-state index contributed by atoms with van der Waals surface area (Å²) in [5.74, 6) is 1.82. The van der Waals surface area contributed by atoms with Crippen LogP contribution < -0.4 is 9.47 Å². The molecule has 2 spiro atoms. The number of phenolic OH excluding ortho intramolecular Hbond substituents is 1. The number of hydrogen-bond donors (Lipinski definition) is 1. The Hall–Kier alpha value is -3.05. The Morgan fingerprint density at radius 3 is 1.47 bits per heavy atom. The van der Waals surface area contributed by atoms with Gasteiger partial charge in [-0.3, -0.25) is 4.79 Å². The van der Waals surface area contributed by atoms with Gasteiger partial charge in [-0.15, -0.1) is 0 Å². The molecular weight excluding hydrogens is 672 g/mol. The molecule has 49 heavy (non-hydrogen) atoms. The van der Waals surface area contributed by atoms with Gasteiger partial charge in [-0.25, -0.2) is 0 Å². The van der Waals surface area contributed by atoms with E-state index in [1.54, 1.807) is 0 Å². The topological polar surface area (TPSA) is 55.8 Å². The number of hydrogen-bond acceptors (Lipinski definition) is 4. The quantitative estimate of drug-likeness (QED) is 0.185. The van der Waals surface area contributed by atoms with Crippen molar-refractivity contribution in [2.24, 2.45) is 5.41 Å². The number of carbonyl (C=O) groups excluding carboxylic acids is 1. The molecule has 3 aromatic carbocycles. The highest BCUT2D eigenvalue weighted by molar-refractivity contribution is 9.09. The molecule has 0 amide bonds. The lowest BCUT2D eigenvalue weighted by Crippen LogP contribution is -2.65. The van der Waals surface area contributed by atoms with Crippen molar-refractivity contribution < 1.29 is 19.4 Å². The molecule has 260 valence electrons. The summed E-state index contributed by atoms with van der Waals surface area (Å²) in [4.78, 5) is 15.1. The van der Waals surface area contributed by atoms with E-state index in [2.05, 4.69) is 141 Å². The third-order valence-electron chi connectivity index (χ3n) is 11.3. The van der Waals surface area contributed by atoms with Crippen LogP contribution in [0.25, 0.3) is 0 Å². The molecule has 4 nitrogen and oxygen atoms in total. The summed E-state index contributed by atoms with van der Waals surface area (Å²) in [6, 6.07) is 13.3. The lowest BCUT2D eigenvalue weighted by Gasteiger charge is -2.46. The Kier molecular flexibility index (Phi) is 7.37. The molecular formula is C44H53BrO4. The van der Waals surface area contributed by atoms with Crippen molar-refractivity contribution in [3.63, 3.8) is 0 Å². The summed E-state index contributed by atoms with van der Waals surface area (Å²) in [6.45, 7) is 26.7. The predicted molar refractivity (Wildman–Crippen MR) is 202 cm³/mol. The lowest BCUT2D eigenvalue weighted by atomic mass is 9.66. The maximum atomic E-state index is 15.4. The monoisotopic (exact) mass is 724 g/mol. The van der Waals surface area contributed by atoms with Crippen LogP contribution in [-0.4, -0.2) is 26.9 Å². The van der Waals surface area contributed by atoms with Crippen LogP contribution in [0.2, 0.25) is 0 Å². The Morgan fingerprint density at radius 1 is 0.612 bits per heavy atom. The number of fused-ring (bicyclic) bond motifs is 2. The summed E-state index contributed by atoms with van der Waals surface area (Å²) in [6.07, 6.45) is 4.00. The van der Waals surface area contributed by atoms with Gasteiger partial charge in [-0.2, -0.15) is 0 Å². The second-order valence-corrected chi connectivity index (χ2v) is 20.3. The first-order valence-electron chi connectivity index (χ1n) is 17.9. The highest BCUT2D eigenvalue weighted by Crippen LogP contribution is 2.56. The SMILES string of the molecule is CC(C)(C)C1=CC23Cc4cc(C(C)(C)C)cc(c4O2)Cc2cc(C(C)(C)C)cc(c2O)Cc2cc(C(C)(C)C)cc4c2OC(C4)(C3=O)[C@H]1Br. The van der Waals surface area contributed by atoms with Crippen LogP contribution in [0.1, 0.15) is 133 Å². The van der Waals surface area contributed by atoms with Crippen LogP contribution in [0.15, 0.2) is 48.0 Å². The fourth-order valence-corrected chi connectivity index (χ4v) is 9.51. The lowest BCUT2D eigenvalue weighted by molar-refractivity contribution is -0.146. The van der Waals surface area contributed by atoms with Crippen molar-refractivity contribution in [1.29, 1.82) is 0 Å². The van der Waals surface area contributed by atoms with E-state index in [-0.39, 0.29) is 32.3 Å². The molecule has 0 aromatic heterocycles. The minimum atomic E-state index is -1.21. The van der Waals surface area contributed by atoms with E-state index in [1.807, 2.05) is 0 Å². The van der Waals surface area contributed by atoms with Gasteiger partial charge in [-0.1, -0.05) is 135 Å². The molecule has 3 aliphatic heterocycles. The largest absolute Gasteiger partial charge is 0.507 e. The molecule has 1 N–H and O–H groups in total. The molecule has 2 unspecified atom stereocenters. The molecule has 3 aromatic rings. The predicted octanol–water partition coefficient (Wildman–Crippen LogP) is 10.1. The Balaban J connectivity index is 1.57. The van der Waals surface area contributed by atoms with Crippen LogP contribution in [0.4, 0.5) is 0 Å². The van der Waals surface area contributed by atoms with Crippen molar-refractivity contribution in [1.82, 2.24) is 0 Å². The maximum Gasteiger partial charge on any atom is 0.225 e. The number of aromatic hydroxyl groups is 1. The minimum absolute atomic E-state index is 0.0257. The molecule has 3 atom stereocenters. The van der Waals surface area contributed by atoms with Crippen molar-refractivity contribution >= 4 is 21.7 Å². The standard InChI is InChI=1S/C44H53BrO4/c1-39(2,3)30-15-24-13-26-17-31(40(4,5)6)19-28-21-43(48-35(26)28)23-33(42(10,11)12)37(45)44(38(43)47)22-29-20-32(41(7,8)9)18-27(36(29)49-44)14-25(16-30)34(24)46/h15-20,23,37,46H,13-14,21-22H2,1-12H3/t37-,43?,44?/m0/s1. The molecule has 0 saturated carbocycles. The van der Waals surface area contributed by atoms with Gasteiger partial charge in [0.05, 0.1) is 4.83 Å². The minimum Gasteiger partial charge on any atom is -0.507 e. The Bertz CT molecular complexity index is 1950. The highest BCUT2D eigenvalue weighted by atomic mass is 79.9. The zero-order chi connectivity index (χ0) is 35.9. The van der Waals surface area contributed by atoms with Crippen LogP contribution >= 0.6 is 15.9 Å². The number of benzene rings is 3. The fraction of sp³-hybridized carbons (Fsp3) is 0.523. The van der Waals surface area contributed by atoms with E-state index in [0.717, 1.165) is 50.5 Å². The van der Waals surface area contributed by atoms with E-state index in [4.69, 9.17) is 9.47 Å². The van der Waals surface area contributed by atoms with Crippen LogP contribution in [0, 0.1) is 5.41 Å². The van der Waals surface area contributed by atoms with Gasteiger partial charge in [0.25, 0.3) is 0 Å². The molecule has 0 saturated heterocycles. The van der Waals surface area contributed by atoms with Crippen molar-refractivity contribution in [3.8, 4) is 17.2 Å². The normalized spacial score (nSPS) is 24.6. The van der Waals surface area contributed by atoms with Gasteiger partial charge < -0.3 is 14.6 Å². The summed E-state index contributed by atoms with van der Waals surface area (Å²) in [5, 5.41) is 12.1. The summed E-state index contributed by atoms with van der Waals surface area (Å²) < 4.78 is 14.3. The second-order valence-electron chi connectivity index (χ2n) is 19.4. The molecule has 5 heteroatoms. The first-order chi connectivity index (χ1) is 22.4. The van der Waals surface area contributed by atoms with Gasteiger partial charge in [0, 0.05) is 25.7 Å². The van der Waals surface area contributed by atoms with Crippen molar-refractivity contribution in [2.75, 3.05) is 0 Å². The summed E-state index contributed by atoms with van der Waals surface area (Å²) >= 11 is 4.08. The average molecular weight is 726 g/mol. The first kappa shape index (κ1) is 34.4. The highest BCUT2D eigenvalue weighted by Gasteiger charge is 2.65. The van der Waals surface area contributed by atoms with Gasteiger partial charge in [0.2, 0.25) is 5.78 Å². The third-order valence-corrected chi connectivity index (χ3v) is 12.5. The van der Waals surface area contributed by atoms with Gasteiger partial charge in [0.1, 0.15) is 17.2 Å². The molecule has 1 aliphatic carbocycles. The summed E-state index contributed by atoms with van der Waals surface area (Å²) in [7, 11) is 0. The van der Waals surface area contributed by atoms with Gasteiger partial charge in [-0.05, 0) is 83.4 Å². The number of carbonyl (C=O) groups is 1. The van der Waals surface area contributed by atoms with E-state index in [1.165, 1.54) is 16.7 Å². The molecule has 0 fully saturated rings. The second kappa shape index (κ2) is 10.5. The van der Waals surface area contributed by atoms with E-state index in [0.29, 0.717) is 31.4 Å². The van der Waals surface area contributed by atoms with Crippen LogP contribution in [0.5, 0.6) is 17.2 Å². The van der Waals surface area contributed by atoms with E-state index in [9.17, 15) is 5.11 Å². The molecule has 7 rings (SSSR count). The summed E-state index contributed by atoms with van der Waals surface area (Å²) in [5.41, 5.74) is 7.48. The van der Waals surface area contributed by atoms with Gasteiger partial charge in [0.15, 0.2) is 11.2 Å². The smallest absolute Gasteiger partial charge is 0.225 e. The maximum absolute atomic E-state index is 15.4. The zero-order valence-electron chi connectivity index (χ0n) is 31.5. The van der Waals surface area contributed by atoms with E-state index >= 15 is 4.79 Å². The van der Waals surface area contributed by atoms with Crippen LogP contribution in [-0.2, 0) is 46.7 Å².